The van der Waals surface area contributed by atoms with Crippen LogP contribution >= 0.6 is 15.9 Å². The Morgan fingerprint density at radius 2 is 2.10 bits per heavy atom. The van der Waals surface area contributed by atoms with Crippen molar-refractivity contribution in [3.05, 3.63) is 46.2 Å². The Morgan fingerprint density at radius 1 is 1.40 bits per heavy atom. The van der Waals surface area contributed by atoms with E-state index in [0.29, 0.717) is 6.54 Å². The van der Waals surface area contributed by atoms with E-state index >= 15 is 0 Å². The van der Waals surface area contributed by atoms with Crippen molar-refractivity contribution in [2.45, 2.75) is 27.3 Å². The van der Waals surface area contributed by atoms with E-state index in [1.165, 1.54) is 0 Å². The molecule has 1 amide bonds. The highest BCUT2D eigenvalue weighted by Gasteiger charge is 2.16. The first-order valence-electron chi connectivity index (χ1n) is 6.54. The van der Waals surface area contributed by atoms with E-state index in [1.54, 1.807) is 0 Å². The molecule has 1 aromatic carbocycles. The summed E-state index contributed by atoms with van der Waals surface area (Å²) in [6.07, 6.45) is 0. The lowest BCUT2D eigenvalue weighted by Crippen LogP contribution is -2.25. The number of para-hydroxylation sites is 1. The number of hydrogen-bond donors (Lipinski definition) is 1. The zero-order valence-electron chi connectivity index (χ0n) is 11.9. The van der Waals surface area contributed by atoms with Gasteiger partial charge in [0.15, 0.2) is 0 Å². The zero-order chi connectivity index (χ0) is 14.7. The van der Waals surface area contributed by atoms with Crippen molar-refractivity contribution in [1.29, 1.82) is 0 Å². The number of nitrogens with one attached hydrogen (secondary N) is 1. The van der Waals surface area contributed by atoms with Gasteiger partial charge in [0.1, 0.15) is 0 Å². The Bertz CT molecular complexity index is 621. The van der Waals surface area contributed by atoms with Gasteiger partial charge in [0.25, 0.3) is 0 Å². The number of carbonyl (C=O) groups excluding carboxylic acids is 1. The van der Waals surface area contributed by atoms with E-state index in [9.17, 15) is 4.79 Å². The topological polar surface area (TPSA) is 46.9 Å². The van der Waals surface area contributed by atoms with Crippen LogP contribution in [0.15, 0.2) is 34.8 Å². The molecule has 0 aliphatic carbocycles. The van der Waals surface area contributed by atoms with E-state index in [4.69, 9.17) is 0 Å². The number of rotatable bonds is 4. The van der Waals surface area contributed by atoms with Crippen molar-refractivity contribution in [1.82, 2.24) is 9.78 Å². The third-order valence-corrected chi connectivity index (χ3v) is 3.82. The van der Waals surface area contributed by atoms with Crippen LogP contribution in [0.25, 0.3) is 0 Å². The summed E-state index contributed by atoms with van der Waals surface area (Å²) in [5.74, 6) is -0.162. The maximum atomic E-state index is 12.2. The van der Waals surface area contributed by atoms with Crippen LogP contribution in [-0.2, 0) is 11.3 Å². The highest BCUT2D eigenvalue weighted by atomic mass is 79.9. The van der Waals surface area contributed by atoms with Gasteiger partial charge in [-0.2, -0.15) is 5.10 Å². The van der Waals surface area contributed by atoms with Gasteiger partial charge in [-0.1, -0.05) is 19.1 Å². The maximum absolute atomic E-state index is 12.2. The number of benzene rings is 1. The molecule has 0 aliphatic rings. The minimum Gasteiger partial charge on any atom is -0.325 e. The molecule has 0 aliphatic heterocycles. The monoisotopic (exact) mass is 335 g/mol. The average molecular weight is 336 g/mol. The molecule has 1 N–H and O–H groups in total. The molecule has 0 unspecified atom stereocenters. The van der Waals surface area contributed by atoms with Gasteiger partial charge in [-0.05, 0) is 48.0 Å². The molecule has 0 bridgehead atoms. The highest BCUT2D eigenvalue weighted by Crippen LogP contribution is 2.22. The van der Waals surface area contributed by atoms with Crippen LogP contribution in [0.3, 0.4) is 0 Å². The van der Waals surface area contributed by atoms with Crippen molar-refractivity contribution in [2.24, 2.45) is 5.92 Å². The minimum absolute atomic E-state index is 0.00977. The van der Waals surface area contributed by atoms with E-state index in [1.807, 2.05) is 55.8 Å². The van der Waals surface area contributed by atoms with Gasteiger partial charge in [0.05, 0.1) is 23.8 Å². The maximum Gasteiger partial charge on any atom is 0.229 e. The number of aryl methyl sites for hydroxylation is 2. The molecular weight excluding hydrogens is 318 g/mol. The Balaban J connectivity index is 2.02. The predicted octanol–water partition coefficient (Wildman–Crippen LogP) is 3.54. The number of hydrogen-bond acceptors (Lipinski definition) is 2. The molecule has 0 saturated carbocycles. The summed E-state index contributed by atoms with van der Waals surface area (Å²) in [5, 5.41) is 7.31. The van der Waals surface area contributed by atoms with E-state index in [2.05, 4.69) is 26.3 Å². The van der Waals surface area contributed by atoms with Gasteiger partial charge in [0.2, 0.25) is 5.91 Å². The van der Waals surface area contributed by atoms with Gasteiger partial charge in [-0.3, -0.25) is 9.48 Å². The van der Waals surface area contributed by atoms with E-state index in [-0.39, 0.29) is 11.8 Å². The molecule has 2 aromatic rings. The highest BCUT2D eigenvalue weighted by molar-refractivity contribution is 9.10. The molecule has 0 radical (unpaired) electrons. The van der Waals surface area contributed by atoms with Crippen molar-refractivity contribution >= 4 is 27.5 Å². The van der Waals surface area contributed by atoms with Crippen LogP contribution in [0.2, 0.25) is 0 Å². The zero-order valence-corrected chi connectivity index (χ0v) is 13.4. The number of aromatic nitrogens is 2. The van der Waals surface area contributed by atoms with Crippen LogP contribution in [0.4, 0.5) is 5.69 Å². The smallest absolute Gasteiger partial charge is 0.229 e. The lowest BCUT2D eigenvalue weighted by atomic mass is 10.1. The number of anilines is 1. The van der Waals surface area contributed by atoms with E-state index in [0.717, 1.165) is 21.5 Å². The fourth-order valence-corrected chi connectivity index (χ4v) is 2.40. The predicted molar refractivity (Wildman–Crippen MR) is 83.6 cm³/mol. The van der Waals surface area contributed by atoms with Crippen LogP contribution in [0.1, 0.15) is 18.3 Å². The molecular formula is C15H18BrN3O. The molecule has 106 valence electrons. The molecule has 1 aromatic heterocycles. The standard InChI is InChI=1S/C15H18BrN3O/c1-10(9-19-12(3)8-11(2)18-19)15(20)17-14-7-5-4-6-13(14)16/h4-8,10H,9H2,1-3H3,(H,17,20)/t10-/m1/s1. The summed E-state index contributed by atoms with van der Waals surface area (Å²) < 4.78 is 2.76. The molecule has 5 heteroatoms. The van der Waals surface area contributed by atoms with Crippen molar-refractivity contribution in [3.8, 4) is 0 Å². The quantitative estimate of drug-likeness (QED) is 0.928. The summed E-state index contributed by atoms with van der Waals surface area (Å²) in [5.41, 5.74) is 2.83. The normalized spacial score (nSPS) is 12.2. The van der Waals surface area contributed by atoms with E-state index < -0.39 is 0 Å². The number of carbonyl (C=O) groups is 1. The Labute approximate surface area is 127 Å². The van der Waals surface area contributed by atoms with Gasteiger partial charge >= 0.3 is 0 Å². The first kappa shape index (κ1) is 14.8. The van der Waals surface area contributed by atoms with Gasteiger partial charge in [-0.25, -0.2) is 0 Å². The second-order valence-electron chi connectivity index (χ2n) is 4.98. The van der Waals surface area contributed by atoms with Crippen molar-refractivity contribution < 1.29 is 4.79 Å². The van der Waals surface area contributed by atoms with Gasteiger partial charge in [-0.15, -0.1) is 0 Å². The molecule has 20 heavy (non-hydrogen) atoms. The van der Waals surface area contributed by atoms with Gasteiger partial charge in [0, 0.05) is 10.2 Å². The molecule has 0 spiro atoms. The molecule has 0 fully saturated rings. The van der Waals surface area contributed by atoms with Crippen LogP contribution in [-0.4, -0.2) is 15.7 Å². The Morgan fingerprint density at radius 3 is 2.70 bits per heavy atom. The van der Waals surface area contributed by atoms with Crippen LogP contribution in [0, 0.1) is 19.8 Å². The average Bonchev–Trinajstić information content (AvgIpc) is 2.70. The summed E-state index contributed by atoms with van der Waals surface area (Å²) in [6, 6.07) is 9.60. The molecule has 1 heterocycles. The largest absolute Gasteiger partial charge is 0.325 e. The summed E-state index contributed by atoms with van der Waals surface area (Å²) in [4.78, 5) is 12.2. The molecule has 1 atom stereocenters. The first-order chi connectivity index (χ1) is 9.47. The molecule has 0 saturated heterocycles. The number of nitrogens with zero attached hydrogens (tertiary/aromatic N) is 2. The fourth-order valence-electron chi connectivity index (χ4n) is 2.02. The Hall–Kier alpha value is -1.62. The first-order valence-corrected chi connectivity index (χ1v) is 7.33. The van der Waals surface area contributed by atoms with Crippen LogP contribution in [0.5, 0.6) is 0 Å². The minimum atomic E-state index is -0.153. The van der Waals surface area contributed by atoms with Crippen LogP contribution < -0.4 is 5.32 Å². The third-order valence-electron chi connectivity index (χ3n) is 3.13. The SMILES string of the molecule is Cc1cc(C)n(C[C@@H](C)C(=O)Nc2ccccc2Br)n1. The molecule has 2 rings (SSSR count). The lowest BCUT2D eigenvalue weighted by molar-refractivity contribution is -0.119. The number of amides is 1. The summed E-state index contributed by atoms with van der Waals surface area (Å²) >= 11 is 3.42. The second-order valence-corrected chi connectivity index (χ2v) is 5.83. The van der Waals surface area contributed by atoms with Gasteiger partial charge < -0.3 is 5.32 Å². The fraction of sp³-hybridized carbons (Fsp3) is 0.333. The van der Waals surface area contributed by atoms with Crippen molar-refractivity contribution in [2.75, 3.05) is 5.32 Å². The Kier molecular flexibility index (Phi) is 4.60. The van der Waals surface area contributed by atoms with Crippen molar-refractivity contribution in [3.63, 3.8) is 0 Å². The lowest BCUT2D eigenvalue weighted by Gasteiger charge is -2.14. The number of halogens is 1. The summed E-state index contributed by atoms with van der Waals surface area (Å²) in [6.45, 7) is 6.44. The molecule has 4 nitrogen and oxygen atoms in total. The third kappa shape index (κ3) is 3.48. The second kappa shape index (κ2) is 6.22. The summed E-state index contributed by atoms with van der Waals surface area (Å²) in [7, 11) is 0.